The second kappa shape index (κ2) is 11.8. The van der Waals surface area contributed by atoms with Gasteiger partial charge in [-0.3, -0.25) is 14.1 Å². The molecule has 0 fully saturated rings. The number of amides is 2. The van der Waals surface area contributed by atoms with Crippen LogP contribution >= 0.6 is 11.3 Å². The molecule has 1 aromatic heterocycles. The third-order valence-corrected chi connectivity index (χ3v) is 6.31. The molecule has 0 unspecified atom stereocenters. The molecule has 12 heteroatoms. The van der Waals surface area contributed by atoms with Gasteiger partial charge < -0.3 is 15.4 Å². The van der Waals surface area contributed by atoms with Crippen molar-refractivity contribution in [3.63, 3.8) is 0 Å². The van der Waals surface area contributed by atoms with E-state index in [0.717, 1.165) is 16.1 Å². The molecule has 0 aliphatic heterocycles. The maximum atomic E-state index is 13.3. The highest BCUT2D eigenvalue weighted by Crippen LogP contribution is 2.22. The topological polar surface area (TPSA) is 147 Å². The van der Waals surface area contributed by atoms with Gasteiger partial charge in [0.05, 0.1) is 29.5 Å². The second-order valence-corrected chi connectivity index (χ2v) is 9.93. The fourth-order valence-corrected chi connectivity index (χ4v) is 4.50. The molecular formula is C23H26N4O6S2. The Balaban J connectivity index is 1.80. The third-order valence-electron chi connectivity index (χ3n) is 5.03. The molecule has 2 atom stereocenters. The van der Waals surface area contributed by atoms with Crippen molar-refractivity contribution in [2.24, 2.45) is 0 Å². The van der Waals surface area contributed by atoms with Gasteiger partial charge in [-0.2, -0.15) is 8.42 Å². The van der Waals surface area contributed by atoms with E-state index in [-0.39, 0.29) is 12.1 Å². The average Bonchev–Trinajstić information content (AvgIpc) is 3.25. The zero-order chi connectivity index (χ0) is 25.4. The first kappa shape index (κ1) is 26.1. The van der Waals surface area contributed by atoms with Crippen LogP contribution in [0, 0.1) is 6.92 Å². The van der Waals surface area contributed by atoms with Crippen molar-refractivity contribution in [2.75, 3.05) is 11.8 Å². The van der Waals surface area contributed by atoms with Crippen LogP contribution in [-0.2, 0) is 32.7 Å². The molecule has 0 aliphatic carbocycles. The lowest BCUT2D eigenvalue weighted by atomic mass is 10.0. The molecule has 2 aromatic carbocycles. The summed E-state index contributed by atoms with van der Waals surface area (Å²) in [5.74, 6) is -0.403. The lowest BCUT2D eigenvalue weighted by Crippen LogP contribution is -2.49. The molecule has 0 aliphatic rings. The second-order valence-electron chi connectivity index (χ2n) is 7.71. The predicted molar refractivity (Wildman–Crippen MR) is 133 cm³/mol. The number of anilines is 1. The van der Waals surface area contributed by atoms with Crippen molar-refractivity contribution in [2.45, 2.75) is 31.8 Å². The number of methoxy groups -OCH3 is 1. The molecule has 2 amide bonds. The van der Waals surface area contributed by atoms with Gasteiger partial charge in [0, 0.05) is 11.8 Å². The predicted octanol–water partition coefficient (Wildman–Crippen LogP) is 3.03. The number of carbonyl (C=O) groups excluding carboxylic acids is 2. The van der Waals surface area contributed by atoms with Crippen LogP contribution in [0.5, 0.6) is 0 Å². The van der Waals surface area contributed by atoms with Crippen LogP contribution in [0.3, 0.4) is 0 Å². The minimum absolute atomic E-state index is 0.201. The van der Waals surface area contributed by atoms with Gasteiger partial charge in [-0.1, -0.05) is 42.5 Å². The molecule has 0 radical (unpaired) electrons. The SMILES string of the molecule is COC(=O)N[C@@H](Cc1ccccc1)C(=O)N[C@@H](Cc1ccc(NS(=O)(=O)O)cc1)c1csc(C)n1. The minimum atomic E-state index is -4.38. The lowest BCUT2D eigenvalue weighted by Gasteiger charge is -2.23. The van der Waals surface area contributed by atoms with E-state index in [4.69, 9.17) is 9.29 Å². The molecule has 186 valence electrons. The molecule has 0 saturated heterocycles. The number of hydrogen-bond donors (Lipinski definition) is 4. The first-order valence-corrected chi connectivity index (χ1v) is 12.9. The smallest absolute Gasteiger partial charge is 0.407 e. The average molecular weight is 519 g/mol. The van der Waals surface area contributed by atoms with Crippen molar-refractivity contribution in [1.82, 2.24) is 15.6 Å². The summed E-state index contributed by atoms with van der Waals surface area (Å²) in [6.07, 6.45) is -0.0955. The van der Waals surface area contributed by atoms with Crippen molar-refractivity contribution in [3.05, 3.63) is 81.8 Å². The number of aromatic nitrogens is 1. The molecule has 0 spiro atoms. The number of hydrogen-bond acceptors (Lipinski definition) is 7. The first-order valence-electron chi connectivity index (χ1n) is 10.6. The molecule has 10 nitrogen and oxygen atoms in total. The Labute approximate surface area is 207 Å². The maximum absolute atomic E-state index is 13.3. The van der Waals surface area contributed by atoms with Crippen LogP contribution in [0.4, 0.5) is 10.5 Å². The highest BCUT2D eigenvalue weighted by molar-refractivity contribution is 7.87. The highest BCUT2D eigenvalue weighted by Gasteiger charge is 2.26. The molecule has 3 aromatic rings. The van der Waals surface area contributed by atoms with Gasteiger partial charge in [-0.15, -0.1) is 11.3 Å². The number of nitrogens with one attached hydrogen (secondary N) is 3. The fourth-order valence-electron chi connectivity index (χ4n) is 3.40. The normalized spacial score (nSPS) is 12.9. The van der Waals surface area contributed by atoms with Crippen molar-refractivity contribution in [3.8, 4) is 0 Å². The number of thiazole rings is 1. The summed E-state index contributed by atoms with van der Waals surface area (Å²) in [6.45, 7) is 1.86. The van der Waals surface area contributed by atoms with E-state index >= 15 is 0 Å². The molecule has 1 heterocycles. The molecular weight excluding hydrogens is 492 g/mol. The van der Waals surface area contributed by atoms with Crippen LogP contribution in [0.1, 0.15) is 27.9 Å². The Morgan fingerprint density at radius 1 is 1.03 bits per heavy atom. The van der Waals surface area contributed by atoms with E-state index in [2.05, 4.69) is 15.6 Å². The van der Waals surface area contributed by atoms with Gasteiger partial charge in [0.1, 0.15) is 6.04 Å². The van der Waals surface area contributed by atoms with Crippen LogP contribution in [0.25, 0.3) is 0 Å². The van der Waals surface area contributed by atoms with E-state index in [1.54, 1.807) is 12.1 Å². The first-order chi connectivity index (χ1) is 16.6. The van der Waals surface area contributed by atoms with E-state index < -0.39 is 34.4 Å². The molecule has 4 N–H and O–H groups in total. The maximum Gasteiger partial charge on any atom is 0.407 e. The summed E-state index contributed by atoms with van der Waals surface area (Å²) < 4.78 is 37.7. The largest absolute Gasteiger partial charge is 0.453 e. The lowest BCUT2D eigenvalue weighted by molar-refractivity contribution is -0.123. The van der Waals surface area contributed by atoms with Gasteiger partial charge in [-0.25, -0.2) is 9.78 Å². The number of carbonyl (C=O) groups is 2. The van der Waals surface area contributed by atoms with Crippen molar-refractivity contribution < 1.29 is 27.3 Å². The van der Waals surface area contributed by atoms with E-state index in [1.165, 1.54) is 30.6 Å². The van der Waals surface area contributed by atoms with E-state index in [1.807, 2.05) is 47.4 Å². The molecule has 0 saturated carbocycles. The number of alkyl carbamates (subject to hydrolysis) is 1. The molecule has 3 rings (SSSR count). The van der Waals surface area contributed by atoms with Crippen molar-refractivity contribution in [1.29, 1.82) is 0 Å². The van der Waals surface area contributed by atoms with Gasteiger partial charge in [-0.05, 0) is 36.6 Å². The Bertz CT molecular complexity index is 1250. The van der Waals surface area contributed by atoms with Gasteiger partial charge >= 0.3 is 16.4 Å². The Hall–Kier alpha value is -3.48. The zero-order valence-corrected chi connectivity index (χ0v) is 20.7. The highest BCUT2D eigenvalue weighted by atomic mass is 32.2. The number of nitrogens with zero attached hydrogens (tertiary/aromatic N) is 1. The van der Waals surface area contributed by atoms with Crippen molar-refractivity contribution >= 4 is 39.3 Å². The number of rotatable bonds is 10. The van der Waals surface area contributed by atoms with E-state index in [0.29, 0.717) is 12.1 Å². The number of ether oxygens (including phenoxy) is 1. The minimum Gasteiger partial charge on any atom is -0.453 e. The molecule has 35 heavy (non-hydrogen) atoms. The summed E-state index contributed by atoms with van der Waals surface area (Å²) in [5, 5.41) is 8.26. The summed E-state index contributed by atoms with van der Waals surface area (Å²) >= 11 is 1.45. The van der Waals surface area contributed by atoms with Gasteiger partial charge in [0.25, 0.3) is 0 Å². The van der Waals surface area contributed by atoms with Crippen LogP contribution in [0.2, 0.25) is 0 Å². The van der Waals surface area contributed by atoms with Gasteiger partial charge in [0.2, 0.25) is 5.91 Å². The Morgan fingerprint density at radius 2 is 1.69 bits per heavy atom. The van der Waals surface area contributed by atoms with Gasteiger partial charge in [0.15, 0.2) is 0 Å². The third kappa shape index (κ3) is 8.35. The van der Waals surface area contributed by atoms with Crippen LogP contribution in [-0.4, -0.2) is 43.1 Å². The van der Waals surface area contributed by atoms with Crippen LogP contribution < -0.4 is 15.4 Å². The molecule has 0 bridgehead atoms. The summed E-state index contributed by atoms with van der Waals surface area (Å²) in [4.78, 5) is 29.7. The zero-order valence-electron chi connectivity index (χ0n) is 19.1. The standard InChI is InChI=1S/C23H26N4O6S2/c1-15-24-21(14-34-15)19(12-17-8-10-18(11-9-17)27-35(30,31)32)25-22(28)20(26-23(29)33-2)13-16-6-4-3-5-7-16/h3-11,14,19-20,27H,12-13H2,1-2H3,(H,25,28)(H,26,29)(H,30,31,32)/t19-,20-/m0/s1. The van der Waals surface area contributed by atoms with E-state index in [9.17, 15) is 18.0 Å². The summed E-state index contributed by atoms with van der Waals surface area (Å²) in [6, 6.07) is 14.3. The van der Waals surface area contributed by atoms with Crippen LogP contribution in [0.15, 0.2) is 60.0 Å². The fraction of sp³-hybridized carbons (Fsp3) is 0.261. The monoisotopic (exact) mass is 518 g/mol. The quantitative estimate of drug-likeness (QED) is 0.302. The number of aryl methyl sites for hydroxylation is 1. The summed E-state index contributed by atoms with van der Waals surface area (Å²) in [7, 11) is -3.15. The Morgan fingerprint density at radius 3 is 2.26 bits per heavy atom. The summed E-state index contributed by atoms with van der Waals surface area (Å²) in [5.41, 5.74) is 2.53. The number of benzene rings is 2. The Kier molecular flexibility index (Phi) is 8.79.